The molecule has 2 atom stereocenters. The standard InChI is InChI=1S/C20H18N2O2S/c1-14-6-5-7-15(12-14)13-21-17-10-11-25-18(17)19(23)22(20(21)24)16-8-3-2-4-9-16/h2-12,17-18H,13H2,1H3. The van der Waals surface area contributed by atoms with Gasteiger partial charge in [0.2, 0.25) is 0 Å². The fourth-order valence-corrected chi connectivity index (χ4v) is 4.38. The molecule has 2 aliphatic rings. The maximum absolute atomic E-state index is 13.2. The van der Waals surface area contributed by atoms with Crippen LogP contribution < -0.4 is 4.90 Å². The zero-order valence-electron chi connectivity index (χ0n) is 13.8. The summed E-state index contributed by atoms with van der Waals surface area (Å²) in [6.07, 6.45) is 1.96. The summed E-state index contributed by atoms with van der Waals surface area (Å²) in [5.41, 5.74) is 2.85. The van der Waals surface area contributed by atoms with Crippen LogP contribution in [0.2, 0.25) is 0 Å². The lowest BCUT2D eigenvalue weighted by molar-refractivity contribution is -0.119. The fraction of sp³-hybridized carbons (Fsp3) is 0.200. The Morgan fingerprint density at radius 2 is 1.84 bits per heavy atom. The van der Waals surface area contributed by atoms with E-state index in [2.05, 4.69) is 6.07 Å². The highest BCUT2D eigenvalue weighted by Gasteiger charge is 2.47. The zero-order valence-corrected chi connectivity index (χ0v) is 14.6. The van der Waals surface area contributed by atoms with Gasteiger partial charge in [-0.3, -0.25) is 4.79 Å². The third-order valence-corrected chi connectivity index (χ3v) is 5.61. The van der Waals surface area contributed by atoms with Crippen LogP contribution in [0.1, 0.15) is 11.1 Å². The lowest BCUT2D eigenvalue weighted by Gasteiger charge is -2.41. The monoisotopic (exact) mass is 350 g/mol. The summed E-state index contributed by atoms with van der Waals surface area (Å²) in [7, 11) is 0. The third-order valence-electron chi connectivity index (χ3n) is 4.52. The molecule has 2 aliphatic heterocycles. The second-order valence-electron chi connectivity index (χ2n) is 6.28. The van der Waals surface area contributed by atoms with Gasteiger partial charge >= 0.3 is 6.03 Å². The predicted molar refractivity (Wildman–Crippen MR) is 100 cm³/mol. The number of anilines is 1. The van der Waals surface area contributed by atoms with Crippen molar-refractivity contribution in [2.45, 2.75) is 24.8 Å². The van der Waals surface area contributed by atoms with Gasteiger partial charge < -0.3 is 4.90 Å². The molecule has 0 spiro atoms. The Kier molecular flexibility index (Phi) is 4.09. The number of hydrogen-bond donors (Lipinski definition) is 0. The highest BCUT2D eigenvalue weighted by Crippen LogP contribution is 2.37. The Bertz CT molecular complexity index is 850. The van der Waals surface area contributed by atoms with E-state index in [1.54, 1.807) is 17.0 Å². The van der Waals surface area contributed by atoms with E-state index in [1.807, 2.05) is 54.8 Å². The number of carbonyl (C=O) groups excluding carboxylic acids is 2. The van der Waals surface area contributed by atoms with Crippen LogP contribution in [0.25, 0.3) is 0 Å². The molecule has 2 aromatic rings. The first-order valence-corrected chi connectivity index (χ1v) is 9.17. The van der Waals surface area contributed by atoms with Gasteiger partial charge in [0.25, 0.3) is 5.91 Å². The van der Waals surface area contributed by atoms with Crippen LogP contribution in [0.5, 0.6) is 0 Å². The molecule has 3 amide bonds. The first-order valence-electron chi connectivity index (χ1n) is 8.22. The highest BCUT2D eigenvalue weighted by molar-refractivity contribution is 8.03. The van der Waals surface area contributed by atoms with Crippen molar-refractivity contribution in [3.63, 3.8) is 0 Å². The second kappa shape index (κ2) is 6.41. The number of carbonyl (C=O) groups is 2. The maximum Gasteiger partial charge on any atom is 0.332 e. The lowest BCUT2D eigenvalue weighted by Crippen LogP contribution is -2.61. The Morgan fingerprint density at radius 1 is 1.04 bits per heavy atom. The van der Waals surface area contributed by atoms with E-state index in [1.165, 1.54) is 16.7 Å². The number of aryl methyl sites for hydroxylation is 1. The van der Waals surface area contributed by atoms with Gasteiger partial charge in [-0.2, -0.15) is 0 Å². The number of urea groups is 1. The van der Waals surface area contributed by atoms with E-state index in [0.29, 0.717) is 12.2 Å². The molecule has 2 aromatic carbocycles. The minimum absolute atomic E-state index is 0.142. The number of nitrogens with zero attached hydrogens (tertiary/aromatic N) is 2. The van der Waals surface area contributed by atoms with E-state index >= 15 is 0 Å². The van der Waals surface area contributed by atoms with Gasteiger partial charge in [-0.1, -0.05) is 54.1 Å². The molecule has 0 saturated carbocycles. The van der Waals surface area contributed by atoms with Crippen molar-refractivity contribution < 1.29 is 9.59 Å². The average Bonchev–Trinajstić information content (AvgIpc) is 3.10. The first-order chi connectivity index (χ1) is 12.1. The summed E-state index contributed by atoms with van der Waals surface area (Å²) in [5.74, 6) is -0.142. The molecule has 0 N–H and O–H groups in total. The van der Waals surface area contributed by atoms with Gasteiger partial charge in [0.15, 0.2) is 0 Å². The van der Waals surface area contributed by atoms with Gasteiger partial charge in [0.05, 0.1) is 11.7 Å². The summed E-state index contributed by atoms with van der Waals surface area (Å²) in [5, 5.41) is 1.65. The molecular formula is C20H18N2O2S. The smallest absolute Gasteiger partial charge is 0.312 e. The van der Waals surface area contributed by atoms with Crippen molar-refractivity contribution in [3.05, 3.63) is 77.2 Å². The number of rotatable bonds is 3. The third kappa shape index (κ3) is 2.85. The minimum atomic E-state index is -0.275. The number of benzene rings is 2. The summed E-state index contributed by atoms with van der Waals surface area (Å²) in [4.78, 5) is 29.2. The van der Waals surface area contributed by atoms with Crippen LogP contribution in [-0.4, -0.2) is 28.1 Å². The fourth-order valence-electron chi connectivity index (χ4n) is 3.34. The number of hydrogen-bond acceptors (Lipinski definition) is 3. The number of fused-ring (bicyclic) bond motifs is 1. The summed E-state index contributed by atoms with van der Waals surface area (Å²) in [6.45, 7) is 2.53. The van der Waals surface area contributed by atoms with Crippen molar-refractivity contribution in [1.82, 2.24) is 4.90 Å². The van der Waals surface area contributed by atoms with Crippen molar-refractivity contribution in [2.75, 3.05) is 4.90 Å². The number of thioether (sulfide) groups is 1. The van der Waals surface area contributed by atoms with Gasteiger partial charge in [0, 0.05) is 6.54 Å². The molecule has 2 heterocycles. The van der Waals surface area contributed by atoms with Crippen molar-refractivity contribution in [2.24, 2.45) is 0 Å². The zero-order chi connectivity index (χ0) is 17.4. The maximum atomic E-state index is 13.2. The van der Waals surface area contributed by atoms with E-state index < -0.39 is 0 Å². The van der Waals surface area contributed by atoms with E-state index in [0.717, 1.165) is 11.1 Å². The lowest BCUT2D eigenvalue weighted by atomic mass is 10.0. The van der Waals surface area contributed by atoms with E-state index in [4.69, 9.17) is 0 Å². The minimum Gasteiger partial charge on any atom is -0.312 e. The van der Waals surface area contributed by atoms with Gasteiger partial charge in [-0.25, -0.2) is 9.69 Å². The molecule has 4 rings (SSSR count). The molecule has 0 aliphatic carbocycles. The molecule has 2 unspecified atom stereocenters. The van der Waals surface area contributed by atoms with Crippen LogP contribution >= 0.6 is 11.8 Å². The Labute approximate surface area is 151 Å². The molecule has 126 valence electrons. The Morgan fingerprint density at radius 3 is 2.60 bits per heavy atom. The van der Waals surface area contributed by atoms with Crippen molar-refractivity contribution >= 4 is 29.4 Å². The predicted octanol–water partition coefficient (Wildman–Crippen LogP) is 3.96. The molecule has 0 aromatic heterocycles. The normalized spacial score (nSPS) is 22.4. The molecule has 5 heteroatoms. The van der Waals surface area contributed by atoms with E-state index in [9.17, 15) is 9.59 Å². The van der Waals surface area contributed by atoms with Gasteiger partial charge in [-0.05, 0) is 30.0 Å². The quantitative estimate of drug-likeness (QED) is 0.841. The summed E-state index contributed by atoms with van der Waals surface area (Å²) >= 11 is 1.49. The molecule has 4 nitrogen and oxygen atoms in total. The van der Waals surface area contributed by atoms with E-state index in [-0.39, 0.29) is 23.2 Å². The topological polar surface area (TPSA) is 40.6 Å². The first kappa shape index (κ1) is 16.0. The van der Waals surface area contributed by atoms with Crippen LogP contribution in [0, 0.1) is 6.92 Å². The molecule has 1 saturated heterocycles. The van der Waals surface area contributed by atoms with Crippen LogP contribution in [0.3, 0.4) is 0 Å². The molecule has 25 heavy (non-hydrogen) atoms. The number of imide groups is 1. The van der Waals surface area contributed by atoms with Crippen LogP contribution in [0.15, 0.2) is 66.1 Å². The van der Waals surface area contributed by atoms with Crippen LogP contribution in [-0.2, 0) is 11.3 Å². The summed E-state index contributed by atoms with van der Waals surface area (Å²) in [6, 6.07) is 16.8. The van der Waals surface area contributed by atoms with Crippen LogP contribution in [0.4, 0.5) is 10.5 Å². The molecule has 0 bridgehead atoms. The number of para-hydroxylation sites is 1. The molecule has 0 radical (unpaired) electrons. The van der Waals surface area contributed by atoms with Crippen molar-refractivity contribution in [3.8, 4) is 0 Å². The second-order valence-corrected chi connectivity index (χ2v) is 7.34. The van der Waals surface area contributed by atoms with Gasteiger partial charge in [0.1, 0.15) is 5.25 Å². The highest BCUT2D eigenvalue weighted by atomic mass is 32.2. The SMILES string of the molecule is Cc1cccc(CN2C(=O)N(c3ccccc3)C(=O)C3SC=CC32)c1. The molecule has 1 fully saturated rings. The largest absolute Gasteiger partial charge is 0.332 e. The van der Waals surface area contributed by atoms with Crippen molar-refractivity contribution in [1.29, 1.82) is 0 Å². The molecular weight excluding hydrogens is 332 g/mol. The number of amides is 3. The van der Waals surface area contributed by atoms with Gasteiger partial charge in [-0.15, -0.1) is 11.8 Å². The average molecular weight is 350 g/mol. The Hall–Kier alpha value is -2.53. The Balaban J connectivity index is 1.70. The summed E-state index contributed by atoms with van der Waals surface area (Å²) < 4.78 is 0.